The largest absolute Gasteiger partial charge is 0.458 e. The number of ether oxygens (including phenoxy) is 1. The number of amides is 8. The second-order valence-electron chi connectivity index (χ2n) is 23.7. The molecule has 0 saturated carbocycles. The fourth-order valence-corrected chi connectivity index (χ4v) is 10.1. The third kappa shape index (κ3) is 25.6. The van der Waals surface area contributed by atoms with Crippen molar-refractivity contribution < 1.29 is 72.5 Å². The average molecular weight is 1260 g/mol. The lowest BCUT2D eigenvalue weighted by atomic mass is 9.83. The Hall–Kier alpha value is -7.39. The summed E-state index contributed by atoms with van der Waals surface area (Å²) in [5.41, 5.74) is 17.2. The van der Waals surface area contributed by atoms with Gasteiger partial charge in [0.15, 0.2) is 23.3 Å². The highest BCUT2D eigenvalue weighted by Gasteiger charge is 2.41. The number of aliphatic imine (C=N–C) groups is 1. The fourth-order valence-electron chi connectivity index (χ4n) is 10.1. The summed E-state index contributed by atoms with van der Waals surface area (Å²) in [5, 5.41) is 42.5. The zero-order chi connectivity index (χ0) is 67.2. The van der Waals surface area contributed by atoms with E-state index in [1.165, 1.54) is 13.8 Å². The number of rotatable bonds is 37. The number of esters is 1. The van der Waals surface area contributed by atoms with Crippen LogP contribution >= 0.6 is 0 Å². The first-order valence-corrected chi connectivity index (χ1v) is 31.2. The van der Waals surface area contributed by atoms with E-state index in [-0.39, 0.29) is 25.3 Å². The van der Waals surface area contributed by atoms with Gasteiger partial charge in [0, 0.05) is 44.1 Å². The molecule has 16 atom stereocenters. The lowest BCUT2D eigenvalue weighted by Crippen LogP contribution is -2.59. The Morgan fingerprint density at radius 3 is 1.83 bits per heavy atom. The molecule has 1 aromatic rings. The minimum absolute atomic E-state index is 0.108. The number of Topliss-reactive ketones (excluding diaryl/α,β-unsaturated/α-hetero) is 3. The second kappa shape index (κ2) is 39.6. The molecule has 0 radical (unpaired) electrons. The van der Waals surface area contributed by atoms with Crippen molar-refractivity contribution in [2.24, 2.45) is 63.6 Å². The Labute approximate surface area is 523 Å². The molecular weight excluding hydrogens is 1150 g/mol. The number of nitrogens with one attached hydrogen (secondary N) is 8. The van der Waals surface area contributed by atoms with Gasteiger partial charge in [0.1, 0.15) is 36.3 Å². The quantitative estimate of drug-likeness (QED) is 0.0177. The van der Waals surface area contributed by atoms with Crippen molar-refractivity contribution in [1.29, 1.82) is 0 Å². The van der Waals surface area contributed by atoms with Crippen molar-refractivity contribution in [3.8, 4) is 0 Å². The van der Waals surface area contributed by atoms with Gasteiger partial charge in [-0.1, -0.05) is 118 Å². The molecule has 89 heavy (non-hydrogen) atoms. The molecule has 0 aliphatic carbocycles. The van der Waals surface area contributed by atoms with Crippen molar-refractivity contribution in [1.82, 2.24) is 42.5 Å². The number of cyclic esters (lactones) is 1. The van der Waals surface area contributed by atoms with E-state index in [1.54, 1.807) is 62.4 Å². The Bertz CT molecular complexity index is 2570. The normalized spacial score (nSPS) is 21.1. The molecule has 0 unspecified atom stereocenters. The molecule has 1 fully saturated rings. The number of hydrogen-bond acceptors (Lipinski definition) is 17. The first-order chi connectivity index (χ1) is 42.0. The van der Waals surface area contributed by atoms with Gasteiger partial charge in [-0.2, -0.15) is 0 Å². The SMILES string of the molecule is CC[C@H](C)[C@H](NC(=O)[C@H](CC(=O)[C@@H](CCC(N)=O)NC(=O)[C@H](CO)NC(=O)[C@@H](NC(=O)[C@@H](Cc1ccccc1)NC)[C@@H](C)CC)[C@@H](C)CC)C(=O)C[C@@H](CO)C(=O)N[C@H]1C(=O)C[C@@H](C)C(=O)N[C@@H](CCCCN=C(N)N)C(=O)N[C@@H]([C@@H](C)CC)C(=O)O[C@H]1C. The van der Waals surface area contributed by atoms with E-state index >= 15 is 0 Å². The summed E-state index contributed by atoms with van der Waals surface area (Å²) in [6.45, 7) is 15.1. The van der Waals surface area contributed by atoms with Crippen LogP contribution in [0.2, 0.25) is 0 Å². The maximum Gasteiger partial charge on any atom is 0.329 e. The highest BCUT2D eigenvalue weighted by atomic mass is 16.5. The monoisotopic (exact) mass is 1250 g/mol. The highest BCUT2D eigenvalue weighted by molar-refractivity contribution is 5.99. The van der Waals surface area contributed by atoms with Crippen LogP contribution in [0.15, 0.2) is 35.3 Å². The lowest BCUT2D eigenvalue weighted by Gasteiger charge is -2.31. The third-order valence-electron chi connectivity index (χ3n) is 16.9. The van der Waals surface area contributed by atoms with Gasteiger partial charge >= 0.3 is 5.97 Å². The maximum absolute atomic E-state index is 14.5. The van der Waals surface area contributed by atoms with Crippen LogP contribution in [0, 0.1) is 41.4 Å². The summed E-state index contributed by atoms with van der Waals surface area (Å²) in [4.78, 5) is 170. The number of unbranched alkanes of at least 4 members (excludes halogenated alkanes) is 1. The number of guanidine groups is 1. The Morgan fingerprint density at radius 2 is 1.27 bits per heavy atom. The predicted molar refractivity (Wildman–Crippen MR) is 332 cm³/mol. The topological polar surface area (TPSA) is 441 Å². The first kappa shape index (κ1) is 77.7. The number of nitrogens with two attached hydrogens (primary N) is 3. The Kier molecular flexibility index (Phi) is 34.6. The smallest absolute Gasteiger partial charge is 0.329 e. The molecule has 27 nitrogen and oxygen atoms in total. The molecule has 500 valence electrons. The molecule has 27 heteroatoms. The molecule has 8 amide bonds. The van der Waals surface area contributed by atoms with E-state index in [0.717, 1.165) is 5.56 Å². The summed E-state index contributed by atoms with van der Waals surface area (Å²) in [7, 11) is 1.60. The number of hydrogen-bond donors (Lipinski definition) is 13. The average Bonchev–Trinajstić information content (AvgIpc) is 3.58. The minimum Gasteiger partial charge on any atom is -0.458 e. The summed E-state index contributed by atoms with van der Waals surface area (Å²) < 4.78 is 5.79. The van der Waals surface area contributed by atoms with Crippen molar-refractivity contribution in [3.05, 3.63) is 35.9 Å². The number of benzene rings is 1. The van der Waals surface area contributed by atoms with Crippen LogP contribution in [-0.2, 0) is 68.7 Å². The maximum atomic E-state index is 14.5. The van der Waals surface area contributed by atoms with Crippen molar-refractivity contribution in [3.63, 3.8) is 0 Å². The number of nitrogens with zero attached hydrogens (tertiary/aromatic N) is 1. The van der Waals surface area contributed by atoms with Crippen molar-refractivity contribution >= 4 is 76.5 Å². The molecule has 1 saturated heterocycles. The van der Waals surface area contributed by atoms with Gasteiger partial charge in [-0.15, -0.1) is 0 Å². The van der Waals surface area contributed by atoms with Crippen LogP contribution in [0.25, 0.3) is 0 Å². The van der Waals surface area contributed by atoms with Crippen molar-refractivity contribution in [2.45, 2.75) is 207 Å². The van der Waals surface area contributed by atoms with Crippen LogP contribution in [0.3, 0.4) is 0 Å². The molecule has 2 rings (SSSR count). The number of aliphatic hydroxyl groups is 2. The molecule has 1 aromatic carbocycles. The molecule has 0 spiro atoms. The highest BCUT2D eigenvalue weighted by Crippen LogP contribution is 2.25. The zero-order valence-electron chi connectivity index (χ0n) is 53.8. The summed E-state index contributed by atoms with van der Waals surface area (Å²) in [5.74, 6) is -15.2. The zero-order valence-corrected chi connectivity index (χ0v) is 53.8. The van der Waals surface area contributed by atoms with Gasteiger partial charge in [-0.3, -0.25) is 57.7 Å². The molecule has 0 aromatic heterocycles. The van der Waals surface area contributed by atoms with Gasteiger partial charge in [-0.05, 0) is 75.3 Å². The minimum atomic E-state index is -1.65. The molecule has 1 aliphatic heterocycles. The summed E-state index contributed by atoms with van der Waals surface area (Å²) >= 11 is 0. The second-order valence-corrected chi connectivity index (χ2v) is 23.7. The number of ketones is 3. The standard InChI is InChI=1S/C62H102N12O15/c1-12-33(5)41(30-46(77)42(24-25-49(63)80)68-59(86)45(32-76)70-60(87)51(35(7)14-3)72-58(85)44(66-11)28-39-21-17-16-18-22-39)56(83)71-50(34(6)13-2)48(79)29-40(31-75)55(82)74-53-38(10)89-61(88)52(36(8)15-4)73-57(84)43(23-19-20-26-67-62(64)65)69-54(81)37(9)27-47(53)78/h16-18,21-22,33-38,40-45,50-53,66,75-76H,12-15,19-20,23-32H2,1-11H3,(H2,63,80)(H,68,86)(H,69,81)(H,70,87)(H,71,83)(H,72,85)(H,73,84)(H,74,82)(H4,64,65,67)/t33-,34-,35-,36-,37+,38-,40-,41+,42+,43-,44+,45-,50-,51-,52-,53+/m0/s1. The molecule has 1 heterocycles. The van der Waals surface area contributed by atoms with E-state index in [1.807, 2.05) is 30.3 Å². The van der Waals surface area contributed by atoms with Crippen LogP contribution in [-0.4, -0.2) is 168 Å². The van der Waals surface area contributed by atoms with Gasteiger partial charge < -0.3 is 74.7 Å². The van der Waals surface area contributed by atoms with Crippen LogP contribution < -0.4 is 59.7 Å². The molecule has 16 N–H and O–H groups in total. The molecular formula is C62H102N12O15. The first-order valence-electron chi connectivity index (χ1n) is 31.2. The number of likely N-dealkylation sites (N-methyl/N-ethyl adjacent to an activating group) is 1. The Morgan fingerprint density at radius 1 is 0.674 bits per heavy atom. The molecule has 1 aliphatic rings. The van der Waals surface area contributed by atoms with E-state index < -0.39 is 205 Å². The number of carbonyl (C=O) groups excluding carboxylic acids is 12. The van der Waals surface area contributed by atoms with Crippen LogP contribution in [0.1, 0.15) is 152 Å². The fraction of sp³-hybridized carbons (Fsp3) is 0.694. The van der Waals surface area contributed by atoms with E-state index in [9.17, 15) is 67.7 Å². The van der Waals surface area contributed by atoms with Gasteiger partial charge in [0.2, 0.25) is 47.3 Å². The number of primary amides is 1. The van der Waals surface area contributed by atoms with Gasteiger partial charge in [0.05, 0.1) is 37.3 Å². The lowest BCUT2D eigenvalue weighted by molar-refractivity contribution is -0.157. The van der Waals surface area contributed by atoms with E-state index in [0.29, 0.717) is 44.9 Å². The van der Waals surface area contributed by atoms with Gasteiger partial charge in [-0.25, -0.2) is 4.79 Å². The third-order valence-corrected chi connectivity index (χ3v) is 16.9. The van der Waals surface area contributed by atoms with Crippen LogP contribution in [0.5, 0.6) is 0 Å². The predicted octanol–water partition coefficient (Wildman–Crippen LogP) is -0.220. The number of aliphatic hydroxyl groups excluding tert-OH is 2. The van der Waals surface area contributed by atoms with E-state index in [2.05, 4.69) is 47.5 Å². The van der Waals surface area contributed by atoms with Crippen molar-refractivity contribution in [2.75, 3.05) is 26.8 Å². The Balaban J connectivity index is 2.40. The molecule has 0 bridgehead atoms. The van der Waals surface area contributed by atoms with E-state index in [4.69, 9.17) is 21.9 Å². The number of carbonyl (C=O) groups is 12. The van der Waals surface area contributed by atoms with Crippen LogP contribution in [0.4, 0.5) is 0 Å². The summed E-state index contributed by atoms with van der Waals surface area (Å²) in [6.07, 6.45) is -1.03. The summed E-state index contributed by atoms with van der Waals surface area (Å²) in [6, 6.07) is -1.07. The van der Waals surface area contributed by atoms with Gasteiger partial charge in [0.25, 0.3) is 0 Å².